The normalized spacial score (nSPS) is 13.7. The van der Waals surface area contributed by atoms with Gasteiger partial charge in [-0.3, -0.25) is 9.11 Å². The molecule has 0 aliphatic rings. The zero-order valence-corrected chi connectivity index (χ0v) is 27.7. The Balaban J connectivity index is 1.29. The van der Waals surface area contributed by atoms with Crippen LogP contribution in [0.4, 0.5) is 0 Å². The van der Waals surface area contributed by atoms with Crippen molar-refractivity contribution in [3.05, 3.63) is 143 Å². The van der Waals surface area contributed by atoms with Gasteiger partial charge in [-0.25, -0.2) is 0 Å². The predicted molar refractivity (Wildman–Crippen MR) is 178 cm³/mol. The molecule has 46 heavy (non-hydrogen) atoms. The summed E-state index contributed by atoms with van der Waals surface area (Å²) < 4.78 is 90.0. The number of benzene rings is 4. The van der Waals surface area contributed by atoms with Crippen LogP contribution in [0.1, 0.15) is 59.1 Å². The summed E-state index contributed by atoms with van der Waals surface area (Å²) in [5.41, 5.74) is 2.55. The van der Waals surface area contributed by atoms with Crippen LogP contribution in [0.2, 0.25) is 0 Å². The fourth-order valence-electron chi connectivity index (χ4n) is 5.13. The van der Waals surface area contributed by atoms with Gasteiger partial charge in [0.15, 0.2) is 0 Å². The Morgan fingerprint density at radius 3 is 1.24 bits per heavy atom. The van der Waals surface area contributed by atoms with E-state index in [2.05, 4.69) is 0 Å². The van der Waals surface area contributed by atoms with Crippen molar-refractivity contribution in [3.8, 4) is 0 Å². The molecule has 0 radical (unpaired) electrons. The lowest BCUT2D eigenvalue weighted by atomic mass is 10.0. The van der Waals surface area contributed by atoms with Crippen LogP contribution in [-0.2, 0) is 59.5 Å². The summed E-state index contributed by atoms with van der Waals surface area (Å²) in [6.45, 7) is 0. The minimum atomic E-state index is -4.81. The van der Waals surface area contributed by atoms with E-state index in [4.69, 9.17) is 9.05 Å². The molecule has 0 heterocycles. The first-order valence-electron chi connectivity index (χ1n) is 14.9. The third kappa shape index (κ3) is 12.1. The van der Waals surface area contributed by atoms with Crippen molar-refractivity contribution in [1.82, 2.24) is 0 Å². The molecular weight excluding hydrogens is 647 g/mol. The smallest absolute Gasteiger partial charge is 0.283 e. The minimum absolute atomic E-state index is 0.220. The number of rotatable bonds is 18. The molecule has 0 saturated heterocycles. The fraction of sp³-hybridized carbons (Fsp3) is 0.294. The van der Waals surface area contributed by atoms with Crippen LogP contribution >= 0.6 is 8.25 Å². The lowest BCUT2D eigenvalue weighted by Gasteiger charge is -2.11. The Bertz CT molecular complexity index is 1650. The van der Waals surface area contributed by atoms with Crippen molar-refractivity contribution < 1.29 is 39.6 Å². The summed E-state index contributed by atoms with van der Waals surface area (Å²) in [4.78, 5) is 0. The molecule has 0 aromatic heterocycles. The molecule has 9 nitrogen and oxygen atoms in total. The van der Waals surface area contributed by atoms with Crippen LogP contribution in [0.15, 0.2) is 109 Å². The van der Waals surface area contributed by atoms with Crippen molar-refractivity contribution >= 4 is 28.5 Å². The second kappa shape index (κ2) is 17.0. The van der Waals surface area contributed by atoms with Crippen LogP contribution in [0.25, 0.3) is 0 Å². The highest BCUT2D eigenvalue weighted by Crippen LogP contribution is 2.34. The fourth-order valence-corrected chi connectivity index (χ4v) is 7.99. The van der Waals surface area contributed by atoms with Crippen molar-refractivity contribution in [3.63, 3.8) is 0 Å². The lowest BCUT2D eigenvalue weighted by Crippen LogP contribution is -2.25. The average Bonchev–Trinajstić information content (AvgIpc) is 3.00. The van der Waals surface area contributed by atoms with E-state index in [1.807, 2.05) is 109 Å². The molecule has 12 heteroatoms. The van der Waals surface area contributed by atoms with E-state index in [1.165, 1.54) is 0 Å². The monoisotopic (exact) mass is 685 g/mol. The van der Waals surface area contributed by atoms with Gasteiger partial charge in [0, 0.05) is 4.57 Å². The quantitative estimate of drug-likeness (QED) is 0.0812. The molecule has 4 aromatic carbocycles. The maximum Gasteiger partial charge on any atom is 0.700 e. The van der Waals surface area contributed by atoms with Crippen molar-refractivity contribution in [2.24, 2.45) is 0 Å². The van der Waals surface area contributed by atoms with Gasteiger partial charge in [0.2, 0.25) is 10.9 Å². The molecule has 0 aliphatic heterocycles. The topological polar surface area (TPSA) is 144 Å². The average molecular weight is 686 g/mol. The number of aryl methyl sites for hydroxylation is 2. The van der Waals surface area contributed by atoms with Crippen molar-refractivity contribution in [2.45, 2.75) is 62.2 Å². The molecule has 4 rings (SSSR count). The van der Waals surface area contributed by atoms with Crippen LogP contribution in [0, 0.1) is 0 Å². The molecule has 0 aliphatic carbocycles. The molecule has 0 bridgehead atoms. The Labute approximate surface area is 272 Å². The van der Waals surface area contributed by atoms with Gasteiger partial charge in [0.1, 0.15) is 0 Å². The zero-order chi connectivity index (χ0) is 33.0. The van der Waals surface area contributed by atoms with Gasteiger partial charge in [-0.1, -0.05) is 118 Å². The molecule has 0 saturated carbocycles. The summed E-state index contributed by atoms with van der Waals surface area (Å²) in [7, 11) is -12.9. The van der Waals surface area contributed by atoms with E-state index in [-0.39, 0.29) is 25.7 Å². The number of hydrogen-bond acceptors (Lipinski definition) is 7. The van der Waals surface area contributed by atoms with Crippen LogP contribution in [-0.4, -0.2) is 36.8 Å². The maximum atomic E-state index is 12.6. The molecule has 4 aromatic rings. The highest BCUT2D eigenvalue weighted by atomic mass is 32.2. The van der Waals surface area contributed by atoms with Crippen LogP contribution in [0.3, 0.4) is 0 Å². The van der Waals surface area contributed by atoms with Crippen LogP contribution < -0.4 is 0 Å². The van der Waals surface area contributed by atoms with Crippen molar-refractivity contribution in [2.75, 3.05) is 0 Å². The van der Waals surface area contributed by atoms with Gasteiger partial charge in [-0.15, -0.1) is 0 Å². The van der Waals surface area contributed by atoms with E-state index in [0.29, 0.717) is 12.8 Å². The summed E-state index contributed by atoms with van der Waals surface area (Å²) in [6.07, 6.45) is 2.45. The van der Waals surface area contributed by atoms with E-state index >= 15 is 0 Å². The first-order chi connectivity index (χ1) is 22.0. The SMILES string of the molecule is O=[P+](OC(CCCc1cccc(Cc2ccccc2)c1)S(=O)(=O)O)OC(CCCc1cccc(Cc2ccccc2)c1)S(=O)(=O)O. The molecule has 2 atom stereocenters. The minimum Gasteiger partial charge on any atom is -0.283 e. The van der Waals surface area contributed by atoms with Crippen LogP contribution in [0.5, 0.6) is 0 Å². The van der Waals surface area contributed by atoms with Crippen molar-refractivity contribution in [1.29, 1.82) is 0 Å². The molecule has 0 fully saturated rings. The molecule has 0 spiro atoms. The predicted octanol–water partition coefficient (Wildman–Crippen LogP) is 7.33. The van der Waals surface area contributed by atoms with E-state index in [1.54, 1.807) is 0 Å². The second-order valence-electron chi connectivity index (χ2n) is 11.1. The lowest BCUT2D eigenvalue weighted by molar-refractivity contribution is 0.170. The Morgan fingerprint density at radius 2 is 0.870 bits per heavy atom. The third-order valence-corrected chi connectivity index (χ3v) is 10.5. The third-order valence-electron chi connectivity index (χ3n) is 7.37. The Hall–Kier alpha value is -3.28. The van der Waals surface area contributed by atoms with Gasteiger partial charge in [0.25, 0.3) is 20.2 Å². The second-order valence-corrected chi connectivity index (χ2v) is 15.1. The van der Waals surface area contributed by atoms with E-state index in [9.17, 15) is 30.5 Å². The Kier molecular flexibility index (Phi) is 13.2. The summed E-state index contributed by atoms with van der Waals surface area (Å²) in [6, 6.07) is 35.5. The van der Waals surface area contributed by atoms with Gasteiger partial charge in [-0.05, 0) is 84.7 Å². The van der Waals surface area contributed by atoms with E-state index in [0.717, 1.165) is 46.2 Å². The van der Waals surface area contributed by atoms with Gasteiger partial charge < -0.3 is 0 Å². The maximum absolute atomic E-state index is 12.6. The first kappa shape index (κ1) is 35.6. The summed E-state index contributed by atoms with van der Waals surface area (Å²) >= 11 is 0. The zero-order valence-electron chi connectivity index (χ0n) is 25.2. The van der Waals surface area contributed by atoms with Gasteiger partial charge in [-0.2, -0.15) is 16.8 Å². The largest absolute Gasteiger partial charge is 0.700 e. The summed E-state index contributed by atoms with van der Waals surface area (Å²) in [5, 5.41) is 0. The molecule has 244 valence electrons. The summed E-state index contributed by atoms with van der Waals surface area (Å²) in [5.74, 6) is 0. The highest BCUT2D eigenvalue weighted by molar-refractivity contribution is 7.86. The molecular formula is C34H38O9PS2+. The standard InChI is InChI=1S/C34H37O9PS2/c35-44(42-33(45(36,37)38)21-9-17-29-15-7-19-31(25-29)23-27-11-3-1-4-12-27)43-34(46(39,40)41)22-10-18-30-16-8-20-32(26-30)24-28-13-5-2-6-14-28/h1-8,11-16,19-20,25-26,33-34H,9-10,17-18,21-24H2,(H-,36,37,38,39,40,41)/p+1. The molecule has 0 amide bonds. The first-order valence-corrected chi connectivity index (χ1v) is 19.0. The van der Waals surface area contributed by atoms with E-state index < -0.39 is 39.4 Å². The van der Waals surface area contributed by atoms with Gasteiger partial charge in [0.05, 0.1) is 0 Å². The Morgan fingerprint density at radius 1 is 0.522 bits per heavy atom. The molecule has 2 unspecified atom stereocenters. The number of hydrogen-bond donors (Lipinski definition) is 2. The molecule has 2 N–H and O–H groups in total. The van der Waals surface area contributed by atoms with Gasteiger partial charge >= 0.3 is 8.25 Å². The highest BCUT2D eigenvalue weighted by Gasteiger charge is 2.41.